The van der Waals surface area contributed by atoms with E-state index in [1.165, 1.54) is 6.07 Å². The molecule has 0 aromatic heterocycles. The highest BCUT2D eigenvalue weighted by molar-refractivity contribution is 14.1. The van der Waals surface area contributed by atoms with Gasteiger partial charge in [-0.1, -0.05) is 48.5 Å². The van der Waals surface area contributed by atoms with Gasteiger partial charge >= 0.3 is 0 Å². The van der Waals surface area contributed by atoms with Gasteiger partial charge in [0.2, 0.25) is 0 Å². The molecule has 32 heavy (non-hydrogen) atoms. The Hall–Kier alpha value is -1.92. The molecule has 3 aromatic carbocycles. The van der Waals surface area contributed by atoms with Crippen LogP contribution in [-0.2, 0) is 17.9 Å². The van der Waals surface area contributed by atoms with E-state index < -0.39 is 17.0 Å². The second-order valence-electron chi connectivity index (χ2n) is 6.95. The minimum atomic E-state index is -0.439. The molecule has 1 aliphatic rings. The molecular weight excluding hydrogens is 655 g/mol. The molecule has 0 N–H and O–H groups in total. The van der Waals surface area contributed by atoms with E-state index in [0.29, 0.717) is 17.1 Å². The first-order valence-electron chi connectivity index (χ1n) is 9.57. The third-order valence-electron chi connectivity index (χ3n) is 4.70. The summed E-state index contributed by atoms with van der Waals surface area (Å²) in [6, 6.07) is 19.9. The number of benzene rings is 3. The lowest BCUT2D eigenvalue weighted by Crippen LogP contribution is -2.27. The summed E-state index contributed by atoms with van der Waals surface area (Å²) >= 11 is 5.27. The molecule has 0 radical (unpaired) electrons. The lowest BCUT2D eigenvalue weighted by Gasteiger charge is -2.13. The Morgan fingerprint density at radius 2 is 1.62 bits per heavy atom. The fraction of sp³-hybridized carbons (Fsp3) is 0.0833. The molecule has 2 amide bonds. The van der Waals surface area contributed by atoms with E-state index in [1.807, 2.05) is 42.5 Å². The van der Waals surface area contributed by atoms with Gasteiger partial charge in [0.15, 0.2) is 0 Å². The zero-order valence-electron chi connectivity index (χ0n) is 16.6. The Bertz CT molecular complexity index is 1190. The molecule has 1 saturated heterocycles. The van der Waals surface area contributed by atoms with Crippen LogP contribution in [0.25, 0.3) is 6.08 Å². The van der Waals surface area contributed by atoms with E-state index in [9.17, 15) is 14.0 Å². The summed E-state index contributed by atoms with van der Waals surface area (Å²) in [6.07, 6.45) is 1.69. The first kappa shape index (κ1) is 23.2. The van der Waals surface area contributed by atoms with Gasteiger partial charge in [0.25, 0.3) is 11.1 Å². The van der Waals surface area contributed by atoms with Crippen molar-refractivity contribution < 1.29 is 18.7 Å². The van der Waals surface area contributed by atoms with Crippen LogP contribution in [-0.4, -0.2) is 16.0 Å². The molecular formula is C24H16FI2NO3S. The molecule has 1 heterocycles. The first-order chi connectivity index (χ1) is 15.4. The standard InChI is InChI=1S/C24H16FI2NO3S/c25-18-9-5-4-8-17(18)13-28-23(29)21(32-24(28)30)12-16-10-19(26)22(20(27)11-16)31-14-15-6-2-1-3-7-15/h1-12H,13-14H2/b21-12+. The van der Waals surface area contributed by atoms with Crippen molar-refractivity contribution in [1.29, 1.82) is 0 Å². The van der Waals surface area contributed by atoms with Gasteiger partial charge < -0.3 is 4.74 Å². The number of carbonyl (C=O) groups excluding carboxylic acids is 2. The van der Waals surface area contributed by atoms with Crippen LogP contribution < -0.4 is 4.74 Å². The Balaban J connectivity index is 1.51. The van der Waals surface area contributed by atoms with Crippen molar-refractivity contribution in [2.75, 3.05) is 0 Å². The monoisotopic (exact) mass is 671 g/mol. The van der Waals surface area contributed by atoms with Crippen LogP contribution in [0.1, 0.15) is 16.7 Å². The van der Waals surface area contributed by atoms with Crippen molar-refractivity contribution in [3.63, 3.8) is 0 Å². The minimum absolute atomic E-state index is 0.0873. The number of halogens is 3. The molecule has 0 atom stereocenters. The summed E-state index contributed by atoms with van der Waals surface area (Å²) in [7, 11) is 0. The third kappa shape index (κ3) is 5.34. The third-order valence-corrected chi connectivity index (χ3v) is 7.21. The summed E-state index contributed by atoms with van der Waals surface area (Å²) in [5.74, 6) is -0.0803. The van der Waals surface area contributed by atoms with Crippen LogP contribution in [0.4, 0.5) is 9.18 Å². The molecule has 4 rings (SSSR count). The van der Waals surface area contributed by atoms with Gasteiger partial charge in [-0.3, -0.25) is 14.5 Å². The number of nitrogens with zero attached hydrogens (tertiary/aromatic N) is 1. The van der Waals surface area contributed by atoms with E-state index in [0.717, 1.165) is 40.7 Å². The topological polar surface area (TPSA) is 46.6 Å². The van der Waals surface area contributed by atoms with Crippen molar-refractivity contribution in [2.24, 2.45) is 0 Å². The number of hydrogen-bond acceptors (Lipinski definition) is 4. The zero-order chi connectivity index (χ0) is 22.7. The molecule has 0 bridgehead atoms. The van der Waals surface area contributed by atoms with Crippen LogP contribution in [0.15, 0.2) is 71.6 Å². The van der Waals surface area contributed by atoms with Crippen LogP contribution in [0.2, 0.25) is 0 Å². The maximum atomic E-state index is 14.0. The van der Waals surface area contributed by atoms with Gasteiger partial charge in [0.05, 0.1) is 18.6 Å². The van der Waals surface area contributed by atoms with E-state index in [2.05, 4.69) is 45.2 Å². The summed E-state index contributed by atoms with van der Waals surface area (Å²) < 4.78 is 21.8. The lowest BCUT2D eigenvalue weighted by atomic mass is 10.2. The summed E-state index contributed by atoms with van der Waals surface area (Å²) in [5.41, 5.74) is 2.18. The van der Waals surface area contributed by atoms with E-state index >= 15 is 0 Å². The van der Waals surface area contributed by atoms with Gasteiger partial charge in [-0.2, -0.15) is 0 Å². The molecule has 3 aromatic rings. The maximum Gasteiger partial charge on any atom is 0.293 e. The molecule has 162 valence electrons. The highest BCUT2D eigenvalue weighted by Crippen LogP contribution is 2.35. The van der Waals surface area contributed by atoms with Crippen LogP contribution >= 0.6 is 56.9 Å². The zero-order valence-corrected chi connectivity index (χ0v) is 21.7. The Morgan fingerprint density at radius 1 is 0.969 bits per heavy atom. The lowest BCUT2D eigenvalue weighted by molar-refractivity contribution is -0.123. The molecule has 0 saturated carbocycles. The Kier molecular flexibility index (Phi) is 7.51. The number of hydrogen-bond donors (Lipinski definition) is 0. The average Bonchev–Trinajstić information content (AvgIpc) is 3.02. The smallest absolute Gasteiger partial charge is 0.293 e. The van der Waals surface area contributed by atoms with Gasteiger partial charge in [-0.15, -0.1) is 0 Å². The molecule has 0 aliphatic carbocycles. The second kappa shape index (κ2) is 10.3. The Labute approximate surface area is 216 Å². The van der Waals surface area contributed by atoms with E-state index in [-0.39, 0.29) is 6.54 Å². The SMILES string of the molecule is O=C1S/C(=C/c2cc(I)c(OCc3ccccc3)c(I)c2)C(=O)N1Cc1ccccc1F. The fourth-order valence-electron chi connectivity index (χ4n) is 3.12. The predicted molar refractivity (Wildman–Crippen MR) is 141 cm³/mol. The summed E-state index contributed by atoms with van der Waals surface area (Å²) in [6.45, 7) is 0.372. The molecule has 1 aliphatic heterocycles. The molecule has 1 fully saturated rings. The largest absolute Gasteiger partial charge is 0.487 e. The normalized spacial score (nSPS) is 15.0. The van der Waals surface area contributed by atoms with Crippen molar-refractivity contribution in [1.82, 2.24) is 4.90 Å². The number of carbonyl (C=O) groups is 2. The number of thioether (sulfide) groups is 1. The molecule has 0 spiro atoms. The van der Waals surface area contributed by atoms with Crippen LogP contribution in [0.5, 0.6) is 5.75 Å². The maximum absolute atomic E-state index is 14.0. The fourth-order valence-corrected chi connectivity index (χ4v) is 6.08. The highest BCUT2D eigenvalue weighted by atomic mass is 127. The van der Waals surface area contributed by atoms with Crippen molar-refractivity contribution >= 4 is 74.2 Å². The van der Waals surface area contributed by atoms with E-state index in [4.69, 9.17) is 4.74 Å². The van der Waals surface area contributed by atoms with Crippen molar-refractivity contribution in [2.45, 2.75) is 13.2 Å². The van der Waals surface area contributed by atoms with Gasteiger partial charge in [0, 0.05) is 5.56 Å². The van der Waals surface area contributed by atoms with Crippen molar-refractivity contribution in [3.8, 4) is 5.75 Å². The Morgan fingerprint density at radius 3 is 2.31 bits per heavy atom. The molecule has 0 unspecified atom stereocenters. The van der Waals surface area contributed by atoms with Gasteiger partial charge in [-0.25, -0.2) is 4.39 Å². The van der Waals surface area contributed by atoms with Crippen molar-refractivity contribution in [3.05, 3.63) is 101 Å². The first-order valence-corrected chi connectivity index (χ1v) is 12.5. The van der Waals surface area contributed by atoms with Gasteiger partial charge in [0.1, 0.15) is 18.2 Å². The highest BCUT2D eigenvalue weighted by Gasteiger charge is 2.35. The number of imide groups is 1. The predicted octanol–water partition coefficient (Wildman–Crippen LogP) is 6.85. The summed E-state index contributed by atoms with van der Waals surface area (Å²) in [5, 5.41) is -0.406. The number of rotatable bonds is 6. The molecule has 4 nitrogen and oxygen atoms in total. The average molecular weight is 671 g/mol. The number of ether oxygens (including phenoxy) is 1. The quantitative estimate of drug-likeness (QED) is 0.213. The number of amides is 2. The van der Waals surface area contributed by atoms with Crippen LogP contribution in [0, 0.1) is 13.0 Å². The molecule has 8 heteroatoms. The summed E-state index contributed by atoms with van der Waals surface area (Å²) in [4.78, 5) is 26.6. The van der Waals surface area contributed by atoms with Gasteiger partial charge in [-0.05, 0) is 92.3 Å². The van der Waals surface area contributed by atoms with E-state index in [1.54, 1.807) is 24.3 Å². The van der Waals surface area contributed by atoms with Crippen LogP contribution in [0.3, 0.4) is 0 Å². The minimum Gasteiger partial charge on any atom is -0.487 e. The second-order valence-corrected chi connectivity index (χ2v) is 10.3.